The van der Waals surface area contributed by atoms with Crippen molar-refractivity contribution in [3.8, 4) is 11.1 Å². The summed E-state index contributed by atoms with van der Waals surface area (Å²) in [6, 6.07) is 16.9. The molecule has 0 aromatic heterocycles. The topological polar surface area (TPSA) is 26.8 Å². The summed E-state index contributed by atoms with van der Waals surface area (Å²) in [5, 5.41) is 0. The van der Waals surface area contributed by atoms with Gasteiger partial charge in [-0.3, -0.25) is 9.69 Å². The van der Waals surface area contributed by atoms with Gasteiger partial charge in [0.15, 0.2) is 0 Å². The molecule has 4 nitrogen and oxygen atoms in total. The van der Waals surface area contributed by atoms with Crippen molar-refractivity contribution in [2.24, 2.45) is 0 Å². The van der Waals surface area contributed by atoms with E-state index in [2.05, 4.69) is 53.1 Å². The van der Waals surface area contributed by atoms with Gasteiger partial charge in [0, 0.05) is 38.3 Å². The average molecular weight is 378 g/mol. The van der Waals surface area contributed by atoms with Crippen LogP contribution in [0.5, 0.6) is 0 Å². The maximum Gasteiger partial charge on any atom is 0.253 e. The molecule has 1 amide bonds. The first-order valence-corrected chi connectivity index (χ1v) is 10.7. The number of piperazine rings is 1. The monoisotopic (exact) mass is 377 g/mol. The number of amides is 1. The molecule has 2 aromatic carbocycles. The summed E-state index contributed by atoms with van der Waals surface area (Å²) < 4.78 is 0. The largest absolute Gasteiger partial charge is 0.336 e. The Morgan fingerprint density at radius 1 is 0.821 bits per heavy atom. The lowest BCUT2D eigenvalue weighted by Gasteiger charge is -2.34. The highest BCUT2D eigenvalue weighted by molar-refractivity contribution is 5.95. The Kier molecular flexibility index (Phi) is 6.08. The molecule has 0 unspecified atom stereocenters. The molecule has 148 valence electrons. The van der Waals surface area contributed by atoms with E-state index in [1.54, 1.807) is 0 Å². The van der Waals surface area contributed by atoms with Gasteiger partial charge >= 0.3 is 0 Å². The Morgan fingerprint density at radius 2 is 1.50 bits per heavy atom. The fraction of sp³-hybridized carbons (Fsp3) is 0.458. The minimum atomic E-state index is 0.158. The van der Waals surface area contributed by atoms with Crippen molar-refractivity contribution in [1.82, 2.24) is 14.7 Å². The van der Waals surface area contributed by atoms with Gasteiger partial charge < -0.3 is 9.80 Å². The average Bonchev–Trinajstić information content (AvgIpc) is 3.26. The summed E-state index contributed by atoms with van der Waals surface area (Å²) in [5.41, 5.74) is 4.47. The van der Waals surface area contributed by atoms with Crippen LogP contribution in [0.3, 0.4) is 0 Å². The molecule has 0 atom stereocenters. The van der Waals surface area contributed by atoms with Gasteiger partial charge in [-0.25, -0.2) is 0 Å². The lowest BCUT2D eigenvalue weighted by molar-refractivity contribution is 0.0643. The van der Waals surface area contributed by atoms with Crippen LogP contribution in [-0.2, 0) is 6.54 Å². The quantitative estimate of drug-likeness (QED) is 0.794. The van der Waals surface area contributed by atoms with Gasteiger partial charge in [0.2, 0.25) is 0 Å². The Hall–Kier alpha value is -2.17. The van der Waals surface area contributed by atoms with Crippen LogP contribution in [0, 0.1) is 0 Å². The number of hydrogen-bond donors (Lipinski definition) is 0. The van der Waals surface area contributed by atoms with Gasteiger partial charge in [-0.2, -0.15) is 0 Å². The van der Waals surface area contributed by atoms with Crippen LogP contribution in [0.2, 0.25) is 0 Å². The zero-order chi connectivity index (χ0) is 19.3. The normalized spacial score (nSPS) is 18.5. The van der Waals surface area contributed by atoms with Gasteiger partial charge in [-0.1, -0.05) is 37.3 Å². The Bertz CT molecular complexity index is 805. The van der Waals surface area contributed by atoms with E-state index in [-0.39, 0.29) is 5.91 Å². The molecule has 4 heteroatoms. The Labute approximate surface area is 168 Å². The van der Waals surface area contributed by atoms with Gasteiger partial charge in [-0.05, 0) is 67.4 Å². The molecule has 2 aliphatic heterocycles. The van der Waals surface area contributed by atoms with Gasteiger partial charge in [0.05, 0.1) is 0 Å². The molecule has 0 N–H and O–H groups in total. The number of benzene rings is 2. The summed E-state index contributed by atoms with van der Waals surface area (Å²) in [5.74, 6) is 0.158. The van der Waals surface area contributed by atoms with E-state index in [0.29, 0.717) is 0 Å². The molecule has 2 saturated heterocycles. The highest BCUT2D eigenvalue weighted by atomic mass is 16.2. The summed E-state index contributed by atoms with van der Waals surface area (Å²) in [6.45, 7) is 10.3. The molecule has 2 aliphatic rings. The summed E-state index contributed by atoms with van der Waals surface area (Å²) in [7, 11) is 0. The molecule has 2 heterocycles. The van der Waals surface area contributed by atoms with Crippen LogP contribution < -0.4 is 0 Å². The fourth-order valence-corrected chi connectivity index (χ4v) is 4.33. The molecule has 0 bridgehead atoms. The molecule has 2 fully saturated rings. The molecule has 2 aromatic rings. The standard InChI is InChI=1S/C24H31N3O/c1-2-25-13-15-27(16-14-25)24(28)23-10-6-9-22(18-23)21-8-5-7-20(17-21)19-26-11-3-4-12-26/h5-10,17-18H,2-4,11-16,19H2,1H3. The summed E-state index contributed by atoms with van der Waals surface area (Å²) in [6.07, 6.45) is 2.63. The van der Waals surface area contributed by atoms with Crippen molar-refractivity contribution in [3.63, 3.8) is 0 Å². The minimum absolute atomic E-state index is 0.158. The second kappa shape index (κ2) is 8.89. The smallest absolute Gasteiger partial charge is 0.253 e. The maximum absolute atomic E-state index is 13.0. The van der Waals surface area contributed by atoms with Crippen LogP contribution in [0.4, 0.5) is 0 Å². The molecule has 0 aliphatic carbocycles. The molecule has 28 heavy (non-hydrogen) atoms. The van der Waals surface area contributed by atoms with E-state index in [1.807, 2.05) is 17.0 Å². The SMILES string of the molecule is CCN1CCN(C(=O)c2cccc(-c3cccc(CN4CCCC4)c3)c2)CC1. The van der Waals surface area contributed by atoms with E-state index in [4.69, 9.17) is 0 Å². The molecular weight excluding hydrogens is 346 g/mol. The molecule has 0 radical (unpaired) electrons. The number of hydrogen-bond acceptors (Lipinski definition) is 3. The van der Waals surface area contributed by atoms with Gasteiger partial charge in [-0.15, -0.1) is 0 Å². The molecule has 0 spiro atoms. The van der Waals surface area contributed by atoms with Gasteiger partial charge in [0.25, 0.3) is 5.91 Å². The third-order valence-corrected chi connectivity index (χ3v) is 6.08. The van der Waals surface area contributed by atoms with Crippen molar-refractivity contribution in [2.75, 3.05) is 45.8 Å². The number of likely N-dealkylation sites (tertiary alicyclic amines) is 1. The first-order valence-electron chi connectivity index (χ1n) is 10.7. The summed E-state index contributed by atoms with van der Waals surface area (Å²) >= 11 is 0. The van der Waals surface area contributed by atoms with Crippen molar-refractivity contribution >= 4 is 5.91 Å². The number of rotatable bonds is 5. The molecular formula is C24H31N3O. The number of nitrogens with zero attached hydrogens (tertiary/aromatic N) is 3. The van der Waals surface area contributed by atoms with E-state index < -0.39 is 0 Å². The van der Waals surface area contributed by atoms with Crippen LogP contribution in [0.15, 0.2) is 48.5 Å². The molecule has 4 rings (SSSR count). The lowest BCUT2D eigenvalue weighted by atomic mass is 10.0. The zero-order valence-electron chi connectivity index (χ0n) is 16.9. The zero-order valence-corrected chi connectivity index (χ0v) is 16.9. The van der Waals surface area contributed by atoms with Crippen LogP contribution in [-0.4, -0.2) is 66.4 Å². The van der Waals surface area contributed by atoms with E-state index in [0.717, 1.165) is 50.4 Å². The summed E-state index contributed by atoms with van der Waals surface area (Å²) in [4.78, 5) is 19.9. The highest BCUT2D eigenvalue weighted by Crippen LogP contribution is 2.24. The number of carbonyl (C=O) groups excluding carboxylic acids is 1. The third-order valence-electron chi connectivity index (χ3n) is 6.08. The Morgan fingerprint density at radius 3 is 2.21 bits per heavy atom. The van der Waals surface area contributed by atoms with Crippen LogP contribution in [0.1, 0.15) is 35.7 Å². The maximum atomic E-state index is 13.0. The number of likely N-dealkylation sites (N-methyl/N-ethyl adjacent to an activating group) is 1. The van der Waals surface area contributed by atoms with Crippen molar-refractivity contribution in [3.05, 3.63) is 59.7 Å². The highest BCUT2D eigenvalue weighted by Gasteiger charge is 2.21. The second-order valence-corrected chi connectivity index (χ2v) is 7.99. The molecule has 0 saturated carbocycles. The van der Waals surface area contributed by atoms with E-state index in [9.17, 15) is 4.79 Å². The minimum Gasteiger partial charge on any atom is -0.336 e. The van der Waals surface area contributed by atoms with Crippen molar-refractivity contribution in [2.45, 2.75) is 26.3 Å². The van der Waals surface area contributed by atoms with E-state index >= 15 is 0 Å². The van der Waals surface area contributed by atoms with Crippen LogP contribution >= 0.6 is 0 Å². The second-order valence-electron chi connectivity index (χ2n) is 7.99. The first-order chi connectivity index (χ1) is 13.7. The first kappa shape index (κ1) is 19.2. The van der Waals surface area contributed by atoms with Gasteiger partial charge in [0.1, 0.15) is 0 Å². The van der Waals surface area contributed by atoms with Crippen LogP contribution in [0.25, 0.3) is 11.1 Å². The van der Waals surface area contributed by atoms with E-state index in [1.165, 1.54) is 37.1 Å². The van der Waals surface area contributed by atoms with Crippen molar-refractivity contribution < 1.29 is 4.79 Å². The third kappa shape index (κ3) is 4.45. The predicted molar refractivity (Wildman–Crippen MR) is 114 cm³/mol. The lowest BCUT2D eigenvalue weighted by Crippen LogP contribution is -2.48. The predicted octanol–water partition coefficient (Wildman–Crippen LogP) is 3.73. The fourth-order valence-electron chi connectivity index (χ4n) is 4.33. The van der Waals surface area contributed by atoms with Crippen molar-refractivity contribution in [1.29, 1.82) is 0 Å². The number of carbonyl (C=O) groups is 1. The Balaban J connectivity index is 1.48.